The Morgan fingerprint density at radius 2 is 1.90 bits per heavy atom. The third-order valence-corrected chi connectivity index (χ3v) is 3.51. The van der Waals surface area contributed by atoms with Crippen LogP contribution in [-0.2, 0) is 11.8 Å². The van der Waals surface area contributed by atoms with E-state index in [4.69, 9.17) is 4.74 Å². The Hall–Kier alpha value is -1.72. The van der Waals surface area contributed by atoms with Gasteiger partial charge in [0.1, 0.15) is 11.4 Å². The minimum atomic E-state index is -0.443. The summed E-state index contributed by atoms with van der Waals surface area (Å²) in [6.45, 7) is 5.63. The molecule has 6 heteroatoms. The topological polar surface area (TPSA) is 68.2 Å². The minimum absolute atomic E-state index is 0.210. The molecule has 2 rings (SSSR count). The van der Waals surface area contributed by atoms with E-state index in [2.05, 4.69) is 15.7 Å². The molecule has 1 fully saturated rings. The summed E-state index contributed by atoms with van der Waals surface area (Å²) in [5.41, 5.74) is -0.443. The predicted octanol–water partition coefficient (Wildman–Crippen LogP) is 2.67. The summed E-state index contributed by atoms with van der Waals surface area (Å²) in [6, 6.07) is 2.61. The van der Waals surface area contributed by atoms with Crippen molar-refractivity contribution in [2.45, 2.75) is 64.1 Å². The van der Waals surface area contributed by atoms with Gasteiger partial charge in [-0.3, -0.25) is 4.68 Å². The summed E-state index contributed by atoms with van der Waals surface area (Å²) in [5.74, 6) is 0.918. The molecule has 1 aromatic heterocycles. The van der Waals surface area contributed by atoms with Gasteiger partial charge in [0.2, 0.25) is 0 Å². The number of anilines is 1. The highest BCUT2D eigenvalue weighted by atomic mass is 16.6. The first kappa shape index (κ1) is 15.7. The lowest BCUT2D eigenvalue weighted by atomic mass is 9.91. The number of alkyl carbamates (subject to hydrolysis) is 1. The molecule has 0 atom stereocenters. The van der Waals surface area contributed by atoms with Gasteiger partial charge in [-0.05, 0) is 46.5 Å². The predicted molar refractivity (Wildman–Crippen MR) is 82.2 cm³/mol. The van der Waals surface area contributed by atoms with E-state index in [0.29, 0.717) is 6.04 Å². The molecular weight excluding hydrogens is 268 g/mol. The van der Waals surface area contributed by atoms with Gasteiger partial charge in [-0.1, -0.05) is 0 Å². The monoisotopic (exact) mass is 294 g/mol. The highest BCUT2D eigenvalue weighted by Gasteiger charge is 2.24. The van der Waals surface area contributed by atoms with Gasteiger partial charge >= 0.3 is 6.09 Å². The highest BCUT2D eigenvalue weighted by Crippen LogP contribution is 2.22. The van der Waals surface area contributed by atoms with E-state index < -0.39 is 5.60 Å². The third kappa shape index (κ3) is 5.28. The molecule has 1 saturated carbocycles. The van der Waals surface area contributed by atoms with Crippen LogP contribution < -0.4 is 10.6 Å². The molecule has 0 aromatic carbocycles. The second kappa shape index (κ2) is 6.37. The smallest absolute Gasteiger partial charge is 0.407 e. The standard InChI is InChI=1S/C15H26N4O2/c1-15(2,3)21-14(20)17-12-7-5-11(6-8-12)16-13-9-10-19(4)18-13/h9-12H,5-8H2,1-4H3,(H,16,18)(H,17,20). The van der Waals surface area contributed by atoms with E-state index in [0.717, 1.165) is 31.5 Å². The first-order chi connectivity index (χ1) is 9.82. The Morgan fingerprint density at radius 3 is 2.43 bits per heavy atom. The molecule has 2 N–H and O–H groups in total. The molecule has 0 radical (unpaired) electrons. The van der Waals surface area contributed by atoms with Gasteiger partial charge < -0.3 is 15.4 Å². The van der Waals surface area contributed by atoms with Gasteiger partial charge in [0.05, 0.1) is 0 Å². The Kier molecular flexibility index (Phi) is 4.75. The van der Waals surface area contributed by atoms with E-state index in [-0.39, 0.29) is 12.1 Å². The van der Waals surface area contributed by atoms with E-state index in [1.807, 2.05) is 40.1 Å². The zero-order chi connectivity index (χ0) is 15.5. The maximum atomic E-state index is 11.7. The molecule has 0 bridgehead atoms. The van der Waals surface area contributed by atoms with Crippen LogP contribution in [0.25, 0.3) is 0 Å². The Labute approximate surface area is 126 Å². The normalized spacial score (nSPS) is 22.7. The zero-order valence-electron chi connectivity index (χ0n) is 13.3. The summed E-state index contributed by atoms with van der Waals surface area (Å²) >= 11 is 0. The van der Waals surface area contributed by atoms with Crippen LogP contribution in [0.1, 0.15) is 46.5 Å². The highest BCUT2D eigenvalue weighted by molar-refractivity contribution is 5.68. The van der Waals surface area contributed by atoms with Crippen molar-refractivity contribution in [3.8, 4) is 0 Å². The van der Waals surface area contributed by atoms with E-state index >= 15 is 0 Å². The Morgan fingerprint density at radius 1 is 1.29 bits per heavy atom. The van der Waals surface area contributed by atoms with Crippen molar-refractivity contribution in [1.82, 2.24) is 15.1 Å². The van der Waals surface area contributed by atoms with Crippen LogP contribution in [0.2, 0.25) is 0 Å². The average Bonchev–Trinajstić information content (AvgIpc) is 2.75. The lowest BCUT2D eigenvalue weighted by molar-refractivity contribution is 0.0492. The van der Waals surface area contributed by atoms with Crippen molar-refractivity contribution < 1.29 is 9.53 Å². The van der Waals surface area contributed by atoms with E-state index in [1.165, 1.54) is 0 Å². The Bertz CT molecular complexity index is 470. The lowest BCUT2D eigenvalue weighted by Crippen LogP contribution is -2.42. The van der Waals surface area contributed by atoms with Crippen molar-refractivity contribution in [3.05, 3.63) is 12.3 Å². The van der Waals surface area contributed by atoms with E-state index in [1.54, 1.807) is 4.68 Å². The quantitative estimate of drug-likeness (QED) is 0.899. The molecular formula is C15H26N4O2. The number of hydrogen-bond donors (Lipinski definition) is 2. The molecule has 1 aliphatic carbocycles. The number of carbonyl (C=O) groups is 1. The SMILES string of the molecule is Cn1ccc(NC2CCC(NC(=O)OC(C)(C)C)CC2)n1. The van der Waals surface area contributed by atoms with Crippen molar-refractivity contribution in [1.29, 1.82) is 0 Å². The van der Waals surface area contributed by atoms with Crippen LogP contribution in [0.5, 0.6) is 0 Å². The molecule has 1 heterocycles. The van der Waals surface area contributed by atoms with Gasteiger partial charge in [-0.25, -0.2) is 4.79 Å². The van der Waals surface area contributed by atoms with Gasteiger partial charge in [-0.2, -0.15) is 5.10 Å². The molecule has 0 aliphatic heterocycles. The fourth-order valence-corrected chi connectivity index (χ4v) is 2.56. The number of rotatable bonds is 3. The fraction of sp³-hybridized carbons (Fsp3) is 0.733. The second-order valence-electron chi connectivity index (χ2n) is 6.71. The van der Waals surface area contributed by atoms with Crippen LogP contribution in [0, 0.1) is 0 Å². The maximum Gasteiger partial charge on any atom is 0.407 e. The molecule has 118 valence electrons. The van der Waals surface area contributed by atoms with Crippen molar-refractivity contribution >= 4 is 11.9 Å². The van der Waals surface area contributed by atoms with E-state index in [9.17, 15) is 4.79 Å². The number of nitrogens with one attached hydrogen (secondary N) is 2. The van der Waals surface area contributed by atoms with Crippen LogP contribution in [0.4, 0.5) is 10.6 Å². The summed E-state index contributed by atoms with van der Waals surface area (Å²) < 4.78 is 7.08. The van der Waals surface area contributed by atoms with Crippen molar-refractivity contribution in [3.63, 3.8) is 0 Å². The number of amides is 1. The molecule has 0 saturated heterocycles. The molecule has 6 nitrogen and oxygen atoms in total. The van der Waals surface area contributed by atoms with Crippen molar-refractivity contribution in [2.75, 3.05) is 5.32 Å². The van der Waals surface area contributed by atoms with Gasteiger partial charge in [0.25, 0.3) is 0 Å². The largest absolute Gasteiger partial charge is 0.444 e. The summed E-state index contributed by atoms with van der Waals surface area (Å²) in [4.78, 5) is 11.7. The molecule has 21 heavy (non-hydrogen) atoms. The average molecular weight is 294 g/mol. The number of carbonyl (C=O) groups excluding carboxylic acids is 1. The van der Waals surface area contributed by atoms with Gasteiger partial charge in [-0.15, -0.1) is 0 Å². The summed E-state index contributed by atoms with van der Waals surface area (Å²) in [6.07, 6.45) is 5.59. The summed E-state index contributed by atoms with van der Waals surface area (Å²) in [7, 11) is 1.91. The second-order valence-corrected chi connectivity index (χ2v) is 6.71. The number of ether oxygens (including phenoxy) is 1. The van der Waals surface area contributed by atoms with Gasteiger partial charge in [0.15, 0.2) is 0 Å². The van der Waals surface area contributed by atoms with Crippen LogP contribution in [0.15, 0.2) is 12.3 Å². The number of hydrogen-bond acceptors (Lipinski definition) is 4. The van der Waals surface area contributed by atoms with Crippen LogP contribution >= 0.6 is 0 Å². The van der Waals surface area contributed by atoms with Gasteiger partial charge in [0, 0.05) is 31.4 Å². The molecule has 0 unspecified atom stereocenters. The summed E-state index contributed by atoms with van der Waals surface area (Å²) in [5, 5.41) is 10.7. The first-order valence-corrected chi connectivity index (χ1v) is 7.57. The molecule has 1 aliphatic rings. The van der Waals surface area contributed by atoms with Crippen LogP contribution in [-0.4, -0.2) is 33.6 Å². The number of aromatic nitrogens is 2. The third-order valence-electron chi connectivity index (χ3n) is 3.51. The number of aryl methyl sites for hydroxylation is 1. The first-order valence-electron chi connectivity index (χ1n) is 7.57. The molecule has 0 spiro atoms. The molecule has 1 amide bonds. The lowest BCUT2D eigenvalue weighted by Gasteiger charge is -2.30. The van der Waals surface area contributed by atoms with Crippen LogP contribution in [0.3, 0.4) is 0 Å². The van der Waals surface area contributed by atoms with Crippen molar-refractivity contribution in [2.24, 2.45) is 7.05 Å². The Balaban J connectivity index is 1.72. The maximum absolute atomic E-state index is 11.7. The molecule has 1 aromatic rings. The fourth-order valence-electron chi connectivity index (χ4n) is 2.56. The minimum Gasteiger partial charge on any atom is -0.444 e. The number of nitrogens with zero attached hydrogens (tertiary/aromatic N) is 2. The zero-order valence-corrected chi connectivity index (χ0v) is 13.3.